The van der Waals surface area contributed by atoms with Gasteiger partial charge >= 0.3 is 0 Å². The molecule has 2 aromatic heterocycles. The zero-order valence-electron chi connectivity index (χ0n) is 19.0. The van der Waals surface area contributed by atoms with Crippen LogP contribution in [0.4, 0.5) is 61.0 Å². The zero-order valence-corrected chi connectivity index (χ0v) is 19.0. The van der Waals surface area contributed by atoms with Gasteiger partial charge in [0, 0.05) is 24.3 Å². The van der Waals surface area contributed by atoms with Crippen LogP contribution in [0.5, 0.6) is 0 Å². The molecule has 0 spiro atoms. The van der Waals surface area contributed by atoms with Gasteiger partial charge in [0.2, 0.25) is 0 Å². The quantitative estimate of drug-likeness (QED) is 0.222. The number of nitriles is 4. The molecule has 0 bridgehead atoms. The van der Waals surface area contributed by atoms with Crippen LogP contribution in [0, 0.1) is 80.2 Å². The number of benzene rings is 2. The second-order valence-corrected chi connectivity index (χ2v) is 7.70. The Kier molecular flexibility index (Phi) is 5.87. The van der Waals surface area contributed by atoms with Crippen molar-refractivity contribution in [3.05, 3.63) is 81.9 Å². The van der Waals surface area contributed by atoms with Crippen LogP contribution < -0.4 is 9.80 Å². The van der Waals surface area contributed by atoms with Gasteiger partial charge in [0.1, 0.15) is 24.3 Å². The van der Waals surface area contributed by atoms with Gasteiger partial charge in [-0.25, -0.2) is 46.3 Å². The van der Waals surface area contributed by atoms with E-state index in [2.05, 4.69) is 19.9 Å². The number of rotatable bonds is 2. The van der Waals surface area contributed by atoms with Crippen molar-refractivity contribution in [2.24, 2.45) is 0 Å². The van der Waals surface area contributed by atoms with E-state index in [-0.39, 0.29) is 0 Å². The maximum absolute atomic E-state index is 14.3. The molecule has 0 N–H and O–H groups in total. The van der Waals surface area contributed by atoms with Crippen LogP contribution in [0.25, 0.3) is 0 Å². The minimum atomic E-state index is -1.84. The average molecular weight is 546 g/mol. The summed E-state index contributed by atoms with van der Waals surface area (Å²) in [5.41, 5.74) is -3.54. The smallest absolute Gasteiger partial charge is 0.194 e. The molecule has 0 atom stereocenters. The van der Waals surface area contributed by atoms with Crippen LogP contribution in [0.3, 0.4) is 0 Å². The fourth-order valence-corrected chi connectivity index (χ4v) is 3.78. The maximum atomic E-state index is 14.3. The highest BCUT2D eigenvalue weighted by Gasteiger charge is 2.39. The highest BCUT2D eigenvalue weighted by atomic mass is 19.2. The Morgan fingerprint density at radius 2 is 0.675 bits per heavy atom. The van der Waals surface area contributed by atoms with Crippen LogP contribution >= 0.6 is 0 Å². The Hall–Kier alpha value is -6.26. The molecule has 1 aliphatic rings. The van der Waals surface area contributed by atoms with Crippen LogP contribution in [0.2, 0.25) is 0 Å². The van der Waals surface area contributed by atoms with Gasteiger partial charge in [-0.3, -0.25) is 9.80 Å². The molecule has 16 heteroatoms. The van der Waals surface area contributed by atoms with Gasteiger partial charge in [0.15, 0.2) is 81.0 Å². The van der Waals surface area contributed by atoms with Gasteiger partial charge in [-0.15, -0.1) is 0 Å². The Labute approximate surface area is 218 Å². The summed E-state index contributed by atoms with van der Waals surface area (Å²) in [6, 6.07) is 8.37. The minimum absolute atomic E-state index is 0.497. The molecule has 0 radical (unpaired) electrons. The molecule has 0 saturated heterocycles. The molecule has 0 fully saturated rings. The largest absolute Gasteiger partial charge is 0.272 e. The molecule has 4 aromatic rings. The molecular formula is C24H4F6N10. The fraction of sp³-hybridized carbons (Fsp3) is 0. The Morgan fingerprint density at radius 1 is 0.450 bits per heavy atom. The monoisotopic (exact) mass is 546 g/mol. The summed E-state index contributed by atoms with van der Waals surface area (Å²) in [6.45, 7) is 0. The van der Waals surface area contributed by atoms with Crippen molar-refractivity contribution in [1.29, 1.82) is 21.0 Å². The number of hydrogen-bond donors (Lipinski definition) is 0. The minimum Gasteiger partial charge on any atom is -0.272 e. The number of hydrogen-bond acceptors (Lipinski definition) is 10. The molecule has 10 nitrogen and oxygen atoms in total. The van der Waals surface area contributed by atoms with Crippen molar-refractivity contribution >= 4 is 34.6 Å². The third-order valence-corrected chi connectivity index (χ3v) is 5.44. The van der Waals surface area contributed by atoms with Crippen molar-refractivity contribution in [3.63, 3.8) is 0 Å². The van der Waals surface area contributed by atoms with Crippen LogP contribution in [0.15, 0.2) is 24.3 Å². The molecule has 0 unspecified atom stereocenters. The van der Waals surface area contributed by atoms with E-state index in [1.165, 1.54) is 0 Å². The van der Waals surface area contributed by atoms with E-state index >= 15 is 0 Å². The SMILES string of the molecule is N#Cc1nc2c(nc1C#N)N(c1cc(F)c(F)c(F)c1)c1nc(C#N)c(C#N)nc1N2c1cc(F)c(F)c(F)c1. The van der Waals surface area contributed by atoms with Gasteiger partial charge < -0.3 is 0 Å². The van der Waals surface area contributed by atoms with E-state index in [9.17, 15) is 47.4 Å². The molecule has 2 aromatic carbocycles. The second kappa shape index (κ2) is 9.24. The predicted octanol–water partition coefficient (Wildman–Crippen LogP) is 4.84. The molecule has 0 aliphatic carbocycles. The third-order valence-electron chi connectivity index (χ3n) is 5.44. The third kappa shape index (κ3) is 3.72. The lowest BCUT2D eigenvalue weighted by Crippen LogP contribution is -2.30. The summed E-state index contributed by atoms with van der Waals surface area (Å²) in [6.07, 6.45) is 0. The zero-order chi connectivity index (χ0) is 28.9. The van der Waals surface area contributed by atoms with Gasteiger partial charge in [-0.1, -0.05) is 0 Å². The first-order chi connectivity index (χ1) is 19.1. The molecule has 0 saturated carbocycles. The van der Waals surface area contributed by atoms with E-state index in [1.54, 1.807) is 24.3 Å². The molecule has 3 heterocycles. The number of aromatic nitrogens is 4. The first-order valence-corrected chi connectivity index (χ1v) is 10.5. The van der Waals surface area contributed by atoms with Crippen molar-refractivity contribution in [2.45, 2.75) is 0 Å². The molecular weight excluding hydrogens is 542 g/mol. The van der Waals surface area contributed by atoms with Crippen molar-refractivity contribution in [2.75, 3.05) is 9.80 Å². The topological polar surface area (TPSA) is 153 Å². The number of halogens is 6. The van der Waals surface area contributed by atoms with Crippen LogP contribution in [-0.4, -0.2) is 19.9 Å². The first-order valence-electron chi connectivity index (χ1n) is 10.5. The summed E-state index contributed by atoms with van der Waals surface area (Å²) in [5.74, 6) is -12.6. The summed E-state index contributed by atoms with van der Waals surface area (Å²) in [4.78, 5) is 17.5. The van der Waals surface area contributed by atoms with E-state index in [0.717, 1.165) is 9.80 Å². The van der Waals surface area contributed by atoms with Crippen LogP contribution in [0.1, 0.15) is 22.8 Å². The van der Waals surface area contributed by atoms with Crippen LogP contribution in [-0.2, 0) is 0 Å². The molecule has 0 amide bonds. The van der Waals surface area contributed by atoms with Gasteiger partial charge in [-0.2, -0.15) is 21.0 Å². The molecule has 40 heavy (non-hydrogen) atoms. The predicted molar refractivity (Wildman–Crippen MR) is 119 cm³/mol. The van der Waals surface area contributed by atoms with E-state index in [0.29, 0.717) is 24.3 Å². The van der Waals surface area contributed by atoms with Crippen molar-refractivity contribution < 1.29 is 26.3 Å². The summed E-state index contributed by atoms with van der Waals surface area (Å²) in [7, 11) is 0. The Morgan fingerprint density at radius 3 is 0.875 bits per heavy atom. The number of nitrogens with zero attached hydrogens (tertiary/aromatic N) is 10. The first kappa shape index (κ1) is 25.4. The Balaban J connectivity index is 1.97. The lowest BCUT2D eigenvalue weighted by Gasteiger charge is -2.36. The Bertz CT molecular complexity index is 1680. The van der Waals surface area contributed by atoms with Gasteiger partial charge in [-0.05, 0) is 0 Å². The average Bonchev–Trinajstić information content (AvgIpc) is 2.95. The summed E-state index contributed by atoms with van der Waals surface area (Å²) < 4.78 is 84.8. The number of anilines is 6. The van der Waals surface area contributed by atoms with E-state index in [1.807, 2.05) is 0 Å². The second-order valence-electron chi connectivity index (χ2n) is 7.70. The number of fused-ring (bicyclic) bond motifs is 2. The highest BCUT2D eigenvalue weighted by Crippen LogP contribution is 2.51. The van der Waals surface area contributed by atoms with E-state index in [4.69, 9.17) is 0 Å². The highest BCUT2D eigenvalue weighted by molar-refractivity contribution is 5.96. The van der Waals surface area contributed by atoms with Crippen molar-refractivity contribution in [3.8, 4) is 24.3 Å². The molecule has 1 aliphatic heterocycles. The normalized spacial score (nSPS) is 11.6. The molecule has 192 valence electrons. The van der Waals surface area contributed by atoms with Gasteiger partial charge in [0.05, 0.1) is 11.4 Å². The summed E-state index contributed by atoms with van der Waals surface area (Å²) >= 11 is 0. The summed E-state index contributed by atoms with van der Waals surface area (Å²) in [5, 5.41) is 38.0. The molecule has 5 rings (SSSR count). The van der Waals surface area contributed by atoms with E-state index < -0.39 is 92.3 Å². The van der Waals surface area contributed by atoms with Crippen molar-refractivity contribution in [1.82, 2.24) is 19.9 Å². The lowest BCUT2D eigenvalue weighted by atomic mass is 10.1. The van der Waals surface area contributed by atoms with Gasteiger partial charge in [0.25, 0.3) is 0 Å². The standard InChI is InChI=1S/C24H4F6N10/c25-11-1-9(2-12(26)19(11)29)39-21-23(37-17(7-33)15(5-31)35-21)40(10-3-13(27)20(30)14(28)4-10)24-22(39)36-16(6-32)18(8-34)38-24/h1-4H. The lowest BCUT2D eigenvalue weighted by molar-refractivity contribution is 0.447. The fourth-order valence-electron chi connectivity index (χ4n) is 3.78. The maximum Gasteiger partial charge on any atom is 0.194 e.